The van der Waals surface area contributed by atoms with E-state index < -0.39 is 0 Å². The maximum atomic E-state index is 7.37. The normalized spacial score (nSPS) is 45.2. The standard InChI is InChI=1S/C56H88O3/c1-5-13-37(14-6-1)49(38-15-7-2-8-16-38)29-41-21-25-45(53-35-57-33-51(41)53)43-23-27-47-48-28-24-44(32-56(48)59-55(47)31-43)46-26-22-42(52-34-58-36-54(46)52)30-50(39-17-9-3-10-18-39)40-19-11-4-12-20-40/h29-30,37-48,51-56H,1-28,31-36H2. The Morgan fingerprint density at radius 2 is 0.644 bits per heavy atom. The zero-order valence-corrected chi connectivity index (χ0v) is 37.8. The van der Waals surface area contributed by atoms with Gasteiger partial charge in [-0.1, -0.05) is 100 Å². The molecule has 0 amide bonds. The van der Waals surface area contributed by atoms with E-state index >= 15 is 0 Å². The van der Waals surface area contributed by atoms with Crippen LogP contribution < -0.4 is 0 Å². The molecule has 14 unspecified atom stereocenters. The Morgan fingerprint density at radius 1 is 0.305 bits per heavy atom. The zero-order valence-electron chi connectivity index (χ0n) is 37.8. The Balaban J connectivity index is 0.725. The quantitative estimate of drug-likeness (QED) is 0.229. The van der Waals surface area contributed by atoms with Crippen molar-refractivity contribution in [3.05, 3.63) is 23.3 Å². The summed E-state index contributed by atoms with van der Waals surface area (Å²) < 4.78 is 20.3. The fourth-order valence-corrected chi connectivity index (χ4v) is 18.3. The molecule has 3 nitrogen and oxygen atoms in total. The lowest BCUT2D eigenvalue weighted by Gasteiger charge is -2.46. The van der Waals surface area contributed by atoms with Crippen molar-refractivity contribution in [2.75, 3.05) is 26.4 Å². The van der Waals surface area contributed by atoms with Gasteiger partial charge in [0, 0.05) is 0 Å². The van der Waals surface area contributed by atoms with Crippen LogP contribution in [0.4, 0.5) is 0 Å². The van der Waals surface area contributed by atoms with Crippen LogP contribution in [0.3, 0.4) is 0 Å². The van der Waals surface area contributed by atoms with Crippen molar-refractivity contribution >= 4 is 0 Å². The summed E-state index contributed by atoms with van der Waals surface area (Å²) in [4.78, 5) is 0. The van der Waals surface area contributed by atoms with Crippen molar-refractivity contribution in [3.8, 4) is 0 Å². The van der Waals surface area contributed by atoms with E-state index in [4.69, 9.17) is 14.2 Å². The van der Waals surface area contributed by atoms with Gasteiger partial charge in [-0.05, 0) is 210 Å². The van der Waals surface area contributed by atoms with Crippen LogP contribution in [-0.2, 0) is 14.2 Å². The van der Waals surface area contributed by atoms with E-state index in [0.717, 1.165) is 121 Å². The molecule has 0 N–H and O–H groups in total. The molecule has 8 saturated carbocycles. The highest BCUT2D eigenvalue weighted by Gasteiger charge is 2.54. The van der Waals surface area contributed by atoms with Crippen LogP contribution in [0, 0.1) is 94.7 Å². The largest absolute Gasteiger partial charge is 0.381 e. The molecule has 8 aliphatic carbocycles. The summed E-state index contributed by atoms with van der Waals surface area (Å²) in [5.74, 6) is 13.5. The molecule has 11 fully saturated rings. The Hall–Kier alpha value is -0.640. The van der Waals surface area contributed by atoms with Gasteiger partial charge in [0.25, 0.3) is 0 Å². The van der Waals surface area contributed by atoms with E-state index in [0.29, 0.717) is 12.2 Å². The minimum Gasteiger partial charge on any atom is -0.381 e. The number of allylic oxidation sites excluding steroid dienone is 4. The van der Waals surface area contributed by atoms with E-state index in [1.165, 1.54) is 193 Å². The Bertz CT molecular complexity index is 1280. The first-order chi connectivity index (χ1) is 29.2. The zero-order chi connectivity index (χ0) is 39.1. The van der Waals surface area contributed by atoms with Gasteiger partial charge in [-0.2, -0.15) is 0 Å². The predicted octanol–water partition coefficient (Wildman–Crippen LogP) is 14.3. The highest BCUT2D eigenvalue weighted by Crippen LogP contribution is 2.58. The third-order valence-corrected chi connectivity index (χ3v) is 21.2. The molecular weight excluding hydrogens is 721 g/mol. The van der Waals surface area contributed by atoms with Crippen LogP contribution in [0.1, 0.15) is 193 Å². The molecule has 0 aromatic carbocycles. The lowest BCUT2D eigenvalue weighted by molar-refractivity contribution is -0.0398. The van der Waals surface area contributed by atoms with Gasteiger partial charge in [-0.25, -0.2) is 0 Å². The van der Waals surface area contributed by atoms with E-state index in [9.17, 15) is 0 Å². The molecule has 3 heterocycles. The third kappa shape index (κ3) is 8.55. The summed E-state index contributed by atoms with van der Waals surface area (Å²) in [6, 6.07) is 0. The van der Waals surface area contributed by atoms with Gasteiger partial charge in [-0.15, -0.1) is 0 Å². The number of hydrogen-bond donors (Lipinski definition) is 0. The molecule has 3 aliphatic heterocycles. The average Bonchev–Trinajstić information content (AvgIpc) is 4.08. The highest BCUT2D eigenvalue weighted by atomic mass is 16.5. The molecule has 11 aliphatic rings. The van der Waals surface area contributed by atoms with Gasteiger partial charge >= 0.3 is 0 Å². The van der Waals surface area contributed by atoms with Crippen LogP contribution >= 0.6 is 0 Å². The van der Waals surface area contributed by atoms with Gasteiger partial charge in [0.1, 0.15) is 0 Å². The topological polar surface area (TPSA) is 27.7 Å². The van der Waals surface area contributed by atoms with Crippen LogP contribution in [0.2, 0.25) is 0 Å². The van der Waals surface area contributed by atoms with Crippen LogP contribution in [0.5, 0.6) is 0 Å². The van der Waals surface area contributed by atoms with Crippen molar-refractivity contribution in [1.29, 1.82) is 0 Å². The first kappa shape index (κ1) is 41.1. The molecule has 11 rings (SSSR count). The second kappa shape index (κ2) is 18.8. The van der Waals surface area contributed by atoms with E-state index in [2.05, 4.69) is 12.2 Å². The minimum atomic E-state index is 0.548. The van der Waals surface area contributed by atoms with Gasteiger partial charge in [0.15, 0.2) is 0 Å². The average molecular weight is 809 g/mol. The fourth-order valence-electron chi connectivity index (χ4n) is 18.3. The lowest BCUT2D eigenvalue weighted by atomic mass is 9.58. The molecule has 0 aromatic rings. The number of fused-ring (bicyclic) bond motifs is 5. The van der Waals surface area contributed by atoms with Crippen molar-refractivity contribution in [2.24, 2.45) is 94.7 Å². The summed E-state index contributed by atoms with van der Waals surface area (Å²) in [5, 5.41) is 0. The van der Waals surface area contributed by atoms with Gasteiger partial charge in [0.05, 0.1) is 38.6 Å². The maximum absolute atomic E-state index is 7.37. The minimum absolute atomic E-state index is 0.548. The molecule has 59 heavy (non-hydrogen) atoms. The molecule has 3 heteroatoms. The predicted molar refractivity (Wildman–Crippen MR) is 241 cm³/mol. The third-order valence-electron chi connectivity index (χ3n) is 21.2. The SMILES string of the molecule is C(=C(C1CCCCC1)C1CCCCC1)C1CCC(C2CCC3C(C2)OC2CC(C4CCC(C=C(C5CCCCC5)C5CCCCC5)C5COCC54)CCC23)C2COCC12. The first-order valence-electron chi connectivity index (χ1n) is 27.5. The fraction of sp³-hybridized carbons (Fsp3) is 0.929. The monoisotopic (exact) mass is 809 g/mol. The van der Waals surface area contributed by atoms with E-state index in [1.54, 1.807) is 0 Å². The lowest BCUT2D eigenvalue weighted by Crippen LogP contribution is -2.41. The van der Waals surface area contributed by atoms with Gasteiger partial charge in [0.2, 0.25) is 0 Å². The van der Waals surface area contributed by atoms with Crippen molar-refractivity contribution < 1.29 is 14.2 Å². The molecule has 3 saturated heterocycles. The van der Waals surface area contributed by atoms with Gasteiger partial charge in [-0.3, -0.25) is 0 Å². The van der Waals surface area contributed by atoms with Crippen molar-refractivity contribution in [1.82, 2.24) is 0 Å². The maximum Gasteiger partial charge on any atom is 0.0613 e. The second-order valence-electron chi connectivity index (χ2n) is 23.9. The molecule has 0 bridgehead atoms. The Morgan fingerprint density at radius 3 is 1.02 bits per heavy atom. The number of ether oxygens (including phenoxy) is 3. The summed E-state index contributed by atoms with van der Waals surface area (Å²) in [7, 11) is 0. The number of rotatable bonds is 8. The highest BCUT2D eigenvalue weighted by molar-refractivity contribution is 5.18. The van der Waals surface area contributed by atoms with Crippen LogP contribution in [0.25, 0.3) is 0 Å². The summed E-state index contributed by atoms with van der Waals surface area (Å²) in [5.41, 5.74) is 3.91. The molecule has 0 aromatic heterocycles. The number of hydrogen-bond acceptors (Lipinski definition) is 3. The Labute approximate surface area is 362 Å². The van der Waals surface area contributed by atoms with E-state index in [1.807, 2.05) is 11.1 Å². The van der Waals surface area contributed by atoms with Crippen molar-refractivity contribution in [3.63, 3.8) is 0 Å². The smallest absolute Gasteiger partial charge is 0.0613 e. The molecule has 14 atom stereocenters. The summed E-state index contributed by atoms with van der Waals surface area (Å²) >= 11 is 0. The molecule has 0 spiro atoms. The van der Waals surface area contributed by atoms with Gasteiger partial charge < -0.3 is 14.2 Å². The second-order valence-corrected chi connectivity index (χ2v) is 23.9. The summed E-state index contributed by atoms with van der Waals surface area (Å²) in [6.45, 7) is 4.18. The Kier molecular flexibility index (Phi) is 13.1. The molecule has 330 valence electrons. The van der Waals surface area contributed by atoms with Crippen molar-refractivity contribution in [2.45, 2.75) is 205 Å². The van der Waals surface area contributed by atoms with Crippen LogP contribution in [-0.4, -0.2) is 38.6 Å². The first-order valence-corrected chi connectivity index (χ1v) is 27.5. The molecule has 0 radical (unpaired) electrons. The van der Waals surface area contributed by atoms with Crippen LogP contribution in [0.15, 0.2) is 23.3 Å². The van der Waals surface area contributed by atoms with E-state index in [-0.39, 0.29) is 0 Å². The molecular formula is C56H88O3. The summed E-state index contributed by atoms with van der Waals surface area (Å²) in [6.07, 6.45) is 50.9.